The van der Waals surface area contributed by atoms with Gasteiger partial charge >= 0.3 is 0 Å². The fraction of sp³-hybridized carbons (Fsp3) is 0.0698. The number of anilines is 6. The SMILES string of the molecule is CC1(C)c2ccccc2-c2ccc(N(c3ccc(-c4ccc(-c5ccc6c(c5)c5ccccc5n6-c5ccccc5)cc4)cc3)c3ccc(-c4cccc5c4oc4ccccc45)cc3)cc21.CC1(C)c2ccccc2-c2ccc(N(c3ccc(-c4cccc5c4oc4ccccc45)cc3)c3ccc4c(c3)C(C)(C)c3cc(-c5ccc6c(c5)c5ccccc5n6-c5ccccc5)ccc3-4)cc21. The lowest BCUT2D eigenvalue weighted by Crippen LogP contribution is -2.18. The van der Waals surface area contributed by atoms with Crippen molar-refractivity contribution in [2.75, 3.05) is 9.80 Å². The highest BCUT2D eigenvalue weighted by atomic mass is 16.3. The molecule has 0 spiro atoms. The van der Waals surface area contributed by atoms with Crippen LogP contribution in [0.15, 0.2) is 458 Å². The minimum atomic E-state index is -0.244. The van der Waals surface area contributed by atoms with Gasteiger partial charge in [-0.2, -0.15) is 0 Å². The van der Waals surface area contributed by atoms with Crippen molar-refractivity contribution in [1.82, 2.24) is 9.13 Å². The second-order valence-electron chi connectivity index (χ2n) is 38.2. The van der Waals surface area contributed by atoms with Crippen LogP contribution in [0.4, 0.5) is 34.1 Å². The summed E-state index contributed by atoms with van der Waals surface area (Å²) in [5.74, 6) is 0. The largest absolute Gasteiger partial charge is 0.455 e. The number of para-hydroxylation sites is 8. The zero-order valence-electron chi connectivity index (χ0n) is 75.8. The van der Waals surface area contributed by atoms with Crippen LogP contribution in [0.2, 0.25) is 0 Å². The standard InChI is InChI=1S/C66H48N2O.C63H44N2O/c1-65(2)57-22-11-8-17-49(57)51-34-31-46(39-59(51)65)67(45-29-25-41(26-30-45)48-20-14-21-55-54-19-10-13-24-63(54)69-64(48)55)47-32-35-52-50-33-27-43(38-58(50)66(3,4)60(52)40-47)42-28-36-62-56(37-42)53-18-9-12-23-61(53)68(62)44-15-6-5-7-16-44;1-63(2)57-20-9-6-15-51(57)52-37-36-49(40-58(52)63)64(48-34-29-44(30-35-48)50-18-12-19-55-54-17-8-11-22-61(54)66-62(50)55)47-32-27-42(28-33-47)41-23-25-43(26-24-41)45-31-38-60-56(39-45)53-16-7-10-21-59(53)65(60)46-13-4-3-5-14-46/h5-40H,1-4H3;3-40H,1-2H3. The molecule has 0 bridgehead atoms. The minimum absolute atomic E-state index is 0.119. The van der Waals surface area contributed by atoms with E-state index in [-0.39, 0.29) is 16.2 Å². The lowest BCUT2D eigenvalue weighted by molar-refractivity contribution is 0.660. The Hall–Kier alpha value is -16.8. The van der Waals surface area contributed by atoms with Gasteiger partial charge in [-0.1, -0.05) is 339 Å². The van der Waals surface area contributed by atoms with Gasteiger partial charge in [-0.15, -0.1) is 0 Å². The molecule has 0 atom stereocenters. The van der Waals surface area contributed by atoms with Crippen LogP contribution in [0.5, 0.6) is 0 Å². The first kappa shape index (κ1) is 79.2. The zero-order valence-corrected chi connectivity index (χ0v) is 75.8. The molecule has 640 valence electrons. The Morgan fingerprint density at radius 3 is 0.889 bits per heavy atom. The Balaban J connectivity index is 0.000000141. The van der Waals surface area contributed by atoms with Crippen LogP contribution in [0, 0.1) is 0 Å². The first-order valence-electron chi connectivity index (χ1n) is 47.0. The summed E-state index contributed by atoms with van der Waals surface area (Å²) in [4.78, 5) is 4.85. The van der Waals surface area contributed by atoms with Crippen molar-refractivity contribution in [1.29, 1.82) is 0 Å². The van der Waals surface area contributed by atoms with Crippen LogP contribution in [0.1, 0.15) is 74.9 Å². The fourth-order valence-corrected chi connectivity index (χ4v) is 22.8. The number of hydrogen-bond acceptors (Lipinski definition) is 4. The monoisotopic (exact) mass is 1730 g/mol. The summed E-state index contributed by atoms with van der Waals surface area (Å²) < 4.78 is 17.7. The average Bonchev–Trinajstić information content (AvgIpc) is 1.57. The summed E-state index contributed by atoms with van der Waals surface area (Å²) in [5, 5.41) is 9.59. The van der Waals surface area contributed by atoms with E-state index in [1.54, 1.807) is 0 Å². The van der Waals surface area contributed by atoms with E-state index in [0.717, 1.165) is 100 Å². The Morgan fingerprint density at radius 1 is 0.178 bits per heavy atom. The van der Waals surface area contributed by atoms with E-state index >= 15 is 0 Å². The molecule has 0 saturated carbocycles. The van der Waals surface area contributed by atoms with Crippen LogP contribution >= 0.6 is 0 Å². The number of rotatable bonds is 13. The van der Waals surface area contributed by atoms with Crippen LogP contribution in [-0.2, 0) is 16.2 Å². The topological polar surface area (TPSA) is 42.6 Å². The van der Waals surface area contributed by atoms with Crippen molar-refractivity contribution in [3.05, 3.63) is 482 Å². The quantitative estimate of drug-likeness (QED) is 0.115. The van der Waals surface area contributed by atoms with Crippen LogP contribution in [-0.4, -0.2) is 9.13 Å². The third-order valence-corrected chi connectivity index (χ3v) is 29.6. The molecule has 6 nitrogen and oxygen atoms in total. The molecule has 0 amide bonds. The van der Waals surface area contributed by atoms with Gasteiger partial charge in [0.1, 0.15) is 22.3 Å². The zero-order chi connectivity index (χ0) is 90.1. The van der Waals surface area contributed by atoms with Crippen molar-refractivity contribution in [3.8, 4) is 100 Å². The first-order chi connectivity index (χ1) is 66.2. The smallest absolute Gasteiger partial charge is 0.143 e. The Bertz CT molecular complexity index is 8930. The van der Waals surface area contributed by atoms with E-state index in [4.69, 9.17) is 8.83 Å². The molecule has 3 aliphatic carbocycles. The third-order valence-electron chi connectivity index (χ3n) is 29.6. The molecule has 0 unspecified atom stereocenters. The molecule has 4 heterocycles. The molecule has 0 saturated heterocycles. The molecule has 20 aromatic carbocycles. The summed E-state index contributed by atoms with van der Waals surface area (Å²) in [6, 6.07) is 164. The Morgan fingerprint density at radius 2 is 0.452 bits per heavy atom. The Labute approximate surface area is 784 Å². The normalized spacial score (nSPS) is 13.4. The van der Waals surface area contributed by atoms with Gasteiger partial charge in [-0.05, 0) is 263 Å². The van der Waals surface area contributed by atoms with Crippen molar-refractivity contribution < 1.29 is 8.83 Å². The molecule has 27 rings (SSSR count). The highest BCUT2D eigenvalue weighted by Crippen LogP contribution is 2.57. The lowest BCUT2D eigenvalue weighted by atomic mass is 9.81. The van der Waals surface area contributed by atoms with E-state index in [2.05, 4.69) is 491 Å². The summed E-state index contributed by atoms with van der Waals surface area (Å²) in [6.45, 7) is 14.2. The first-order valence-corrected chi connectivity index (χ1v) is 47.0. The van der Waals surface area contributed by atoms with Crippen molar-refractivity contribution in [2.45, 2.75) is 57.8 Å². The van der Waals surface area contributed by atoms with Gasteiger partial charge in [0.25, 0.3) is 0 Å². The maximum Gasteiger partial charge on any atom is 0.143 e. The molecule has 0 radical (unpaired) electrons. The molecule has 3 aliphatic rings. The second kappa shape index (κ2) is 30.7. The van der Waals surface area contributed by atoms with Crippen molar-refractivity contribution in [2.24, 2.45) is 0 Å². The molecular weight excluding hydrogens is 1640 g/mol. The van der Waals surface area contributed by atoms with Gasteiger partial charge < -0.3 is 27.8 Å². The van der Waals surface area contributed by atoms with Crippen molar-refractivity contribution in [3.63, 3.8) is 0 Å². The molecule has 4 aromatic heterocycles. The number of aromatic nitrogens is 2. The molecule has 0 fully saturated rings. The number of nitrogens with zero attached hydrogens (tertiary/aromatic N) is 4. The second-order valence-corrected chi connectivity index (χ2v) is 38.2. The van der Waals surface area contributed by atoms with Gasteiger partial charge in [0.2, 0.25) is 0 Å². The van der Waals surface area contributed by atoms with Crippen LogP contribution in [0.25, 0.3) is 188 Å². The van der Waals surface area contributed by atoms with E-state index in [0.29, 0.717) is 0 Å². The Kier molecular flexibility index (Phi) is 18.0. The van der Waals surface area contributed by atoms with Crippen LogP contribution < -0.4 is 9.80 Å². The highest BCUT2D eigenvalue weighted by molar-refractivity contribution is 6.14. The molecule has 24 aromatic rings. The highest BCUT2D eigenvalue weighted by Gasteiger charge is 2.40. The van der Waals surface area contributed by atoms with E-state index in [9.17, 15) is 0 Å². The molecule has 0 N–H and O–H groups in total. The molecule has 6 heteroatoms. The predicted molar refractivity (Wildman–Crippen MR) is 565 cm³/mol. The van der Waals surface area contributed by atoms with Crippen molar-refractivity contribution >= 4 is 122 Å². The predicted octanol–water partition coefficient (Wildman–Crippen LogP) is 35.6. The van der Waals surface area contributed by atoms with Gasteiger partial charge in [0, 0.05) is 116 Å². The molecular formula is C129H92N4O2. The number of fused-ring (bicyclic) bond motifs is 21. The van der Waals surface area contributed by atoms with E-state index in [1.165, 1.54) is 155 Å². The number of furan rings is 2. The summed E-state index contributed by atoms with van der Waals surface area (Å²) in [7, 11) is 0. The van der Waals surface area contributed by atoms with Crippen LogP contribution in [0.3, 0.4) is 0 Å². The maximum atomic E-state index is 6.50. The molecule has 0 aliphatic heterocycles. The maximum absolute atomic E-state index is 6.50. The van der Waals surface area contributed by atoms with Gasteiger partial charge in [-0.3, -0.25) is 0 Å². The lowest BCUT2D eigenvalue weighted by Gasteiger charge is -2.30. The van der Waals surface area contributed by atoms with E-state index < -0.39 is 0 Å². The summed E-state index contributed by atoms with van der Waals surface area (Å²) in [5.41, 5.74) is 44.7. The third kappa shape index (κ3) is 12.6. The van der Waals surface area contributed by atoms with Gasteiger partial charge in [-0.25, -0.2) is 0 Å². The van der Waals surface area contributed by atoms with E-state index in [1.807, 2.05) is 18.2 Å². The summed E-state index contributed by atoms with van der Waals surface area (Å²) >= 11 is 0. The van der Waals surface area contributed by atoms with Gasteiger partial charge in [0.05, 0.1) is 22.1 Å². The summed E-state index contributed by atoms with van der Waals surface area (Å²) in [6.07, 6.45) is 0. The number of benzene rings is 20. The number of hydrogen-bond donors (Lipinski definition) is 0. The fourth-order valence-electron chi connectivity index (χ4n) is 22.8. The minimum Gasteiger partial charge on any atom is -0.455 e. The average molecular weight is 1730 g/mol. The van der Waals surface area contributed by atoms with Gasteiger partial charge in [0.15, 0.2) is 0 Å². The molecule has 135 heavy (non-hydrogen) atoms.